The highest BCUT2D eigenvalue weighted by Crippen LogP contribution is 2.24. The minimum absolute atomic E-state index is 0.0680. The molecule has 0 fully saturated rings. The normalized spacial score (nSPS) is 12.5. The molecule has 0 bridgehead atoms. The molecule has 210 valence electrons. The van der Waals surface area contributed by atoms with Crippen LogP contribution in [0.3, 0.4) is 0 Å². The van der Waals surface area contributed by atoms with Crippen LogP contribution in [-0.4, -0.2) is 29.7 Å². The summed E-state index contributed by atoms with van der Waals surface area (Å²) in [4.78, 5) is 21.8. The zero-order valence-electron chi connectivity index (χ0n) is 23.7. The quantitative estimate of drug-likeness (QED) is 0.0465. The Balaban J connectivity index is 3.66. The molecular formula is C31H57NO2S2. The van der Waals surface area contributed by atoms with Gasteiger partial charge in [-0.1, -0.05) is 130 Å². The number of unbranched alkanes of at least 4 members (excludes halogenated alkanes) is 16. The third kappa shape index (κ3) is 29.5. The molecule has 36 heavy (non-hydrogen) atoms. The third-order valence-electron chi connectivity index (χ3n) is 6.30. The zero-order chi connectivity index (χ0) is 26.4. The number of aldehydes is 1. The van der Waals surface area contributed by atoms with E-state index in [4.69, 9.17) is 0 Å². The lowest BCUT2D eigenvalue weighted by Crippen LogP contribution is -2.34. The minimum Gasteiger partial charge on any atom is -0.352 e. The van der Waals surface area contributed by atoms with Crippen molar-refractivity contribution < 1.29 is 9.59 Å². The Morgan fingerprint density at radius 1 is 0.667 bits per heavy atom. The molecule has 1 unspecified atom stereocenters. The predicted molar refractivity (Wildman–Crippen MR) is 165 cm³/mol. The topological polar surface area (TPSA) is 46.2 Å². The number of nitrogens with one attached hydrogen (secondary N) is 1. The Morgan fingerprint density at radius 3 is 1.72 bits per heavy atom. The van der Waals surface area contributed by atoms with Gasteiger partial charge in [-0.05, 0) is 44.9 Å². The second kappa shape index (κ2) is 30.5. The van der Waals surface area contributed by atoms with Crippen LogP contribution in [0, 0.1) is 0 Å². The summed E-state index contributed by atoms with van der Waals surface area (Å²) < 4.78 is 0. The average molecular weight is 540 g/mol. The van der Waals surface area contributed by atoms with Gasteiger partial charge >= 0.3 is 0 Å². The Hall–Kier alpha value is -0.680. The molecule has 3 nitrogen and oxygen atoms in total. The number of allylic oxidation sites excluding steroid dienone is 3. The van der Waals surface area contributed by atoms with Gasteiger partial charge in [-0.2, -0.15) is 0 Å². The lowest BCUT2D eigenvalue weighted by Gasteiger charge is -2.15. The first-order valence-electron chi connectivity index (χ1n) is 15.0. The van der Waals surface area contributed by atoms with E-state index in [1.165, 1.54) is 96.3 Å². The van der Waals surface area contributed by atoms with Gasteiger partial charge in [0.25, 0.3) is 0 Å². The van der Waals surface area contributed by atoms with Gasteiger partial charge in [-0.3, -0.25) is 4.79 Å². The summed E-state index contributed by atoms with van der Waals surface area (Å²) in [5, 5.41) is 3.11. The number of amides is 1. The summed E-state index contributed by atoms with van der Waals surface area (Å²) in [6.07, 6.45) is 35.1. The van der Waals surface area contributed by atoms with Crippen LogP contribution in [0.4, 0.5) is 0 Å². The molecule has 0 aliphatic rings. The molecular weight excluding hydrogens is 482 g/mol. The van der Waals surface area contributed by atoms with Gasteiger partial charge in [0.1, 0.15) is 6.29 Å². The monoisotopic (exact) mass is 539 g/mol. The summed E-state index contributed by atoms with van der Waals surface area (Å²) in [7, 11) is 3.81. The van der Waals surface area contributed by atoms with E-state index in [9.17, 15) is 9.59 Å². The molecule has 1 N–H and O–H groups in total. The molecule has 0 heterocycles. The Kier molecular flexibility index (Phi) is 30.0. The lowest BCUT2D eigenvalue weighted by molar-refractivity contribution is -0.119. The van der Waals surface area contributed by atoms with Crippen molar-refractivity contribution in [2.45, 2.75) is 148 Å². The van der Waals surface area contributed by atoms with Gasteiger partial charge in [0, 0.05) is 30.9 Å². The molecule has 0 aliphatic heterocycles. The van der Waals surface area contributed by atoms with Crippen molar-refractivity contribution in [2.75, 3.05) is 11.5 Å². The molecule has 0 aromatic carbocycles. The molecule has 1 atom stereocenters. The van der Waals surface area contributed by atoms with Crippen molar-refractivity contribution in [3.05, 3.63) is 24.3 Å². The Labute approximate surface area is 232 Å². The molecule has 0 saturated carbocycles. The summed E-state index contributed by atoms with van der Waals surface area (Å²) in [5.41, 5.74) is 0. The van der Waals surface area contributed by atoms with Crippen molar-refractivity contribution in [3.8, 4) is 0 Å². The largest absolute Gasteiger partial charge is 0.352 e. The van der Waals surface area contributed by atoms with Gasteiger partial charge in [0.15, 0.2) is 0 Å². The van der Waals surface area contributed by atoms with Crippen LogP contribution >= 0.6 is 21.6 Å². The number of carbonyl (C=O) groups excluding carboxylic acids is 2. The molecule has 0 aromatic rings. The van der Waals surface area contributed by atoms with Crippen LogP contribution in [0.25, 0.3) is 0 Å². The van der Waals surface area contributed by atoms with E-state index < -0.39 is 0 Å². The molecule has 0 saturated heterocycles. The van der Waals surface area contributed by atoms with E-state index in [2.05, 4.69) is 36.5 Å². The van der Waals surface area contributed by atoms with E-state index in [0.717, 1.165) is 49.9 Å². The first-order valence-corrected chi connectivity index (χ1v) is 17.4. The molecule has 5 heteroatoms. The van der Waals surface area contributed by atoms with E-state index >= 15 is 0 Å². The number of hydrogen-bond donors (Lipinski definition) is 1. The molecule has 0 spiro atoms. The maximum atomic E-state index is 11.6. The van der Waals surface area contributed by atoms with E-state index in [-0.39, 0.29) is 11.9 Å². The van der Waals surface area contributed by atoms with Gasteiger partial charge in [-0.25, -0.2) is 0 Å². The Bertz CT molecular complexity index is 537. The number of rotatable bonds is 28. The van der Waals surface area contributed by atoms with E-state index in [1.807, 2.05) is 21.6 Å². The number of hydrogen-bond acceptors (Lipinski definition) is 4. The second-order valence-electron chi connectivity index (χ2n) is 9.95. The fourth-order valence-electron chi connectivity index (χ4n) is 4.15. The SMILES string of the molecule is CCCCCCCCC/C=C/CCSSCC(C/C=C/CCCCCCCCCCC=O)NC(C)=O. The smallest absolute Gasteiger partial charge is 0.217 e. The second-order valence-corrected chi connectivity index (χ2v) is 12.6. The summed E-state index contributed by atoms with van der Waals surface area (Å²) in [5.74, 6) is 2.17. The predicted octanol–water partition coefficient (Wildman–Crippen LogP) is 10.0. The minimum atomic E-state index is 0.0680. The van der Waals surface area contributed by atoms with Crippen LogP contribution in [0.15, 0.2) is 24.3 Å². The van der Waals surface area contributed by atoms with E-state index in [0.29, 0.717) is 0 Å². The molecule has 0 aromatic heterocycles. The summed E-state index contributed by atoms with van der Waals surface area (Å²) >= 11 is 0. The highest BCUT2D eigenvalue weighted by Gasteiger charge is 2.08. The lowest BCUT2D eigenvalue weighted by atomic mass is 10.1. The fourth-order valence-corrected chi connectivity index (χ4v) is 6.40. The molecule has 0 rings (SSSR count). The van der Waals surface area contributed by atoms with Crippen LogP contribution in [0.1, 0.15) is 142 Å². The van der Waals surface area contributed by atoms with Crippen molar-refractivity contribution in [1.82, 2.24) is 5.32 Å². The van der Waals surface area contributed by atoms with Crippen molar-refractivity contribution in [1.29, 1.82) is 0 Å². The van der Waals surface area contributed by atoms with Gasteiger partial charge in [-0.15, -0.1) is 0 Å². The summed E-state index contributed by atoms with van der Waals surface area (Å²) in [6, 6.07) is 0.225. The van der Waals surface area contributed by atoms with E-state index in [1.54, 1.807) is 6.92 Å². The first kappa shape index (κ1) is 35.3. The fraction of sp³-hybridized carbons (Fsp3) is 0.806. The maximum absolute atomic E-state index is 11.6. The standard InChI is InChI=1S/C31H57NO2S2/c1-3-4-5-6-7-8-13-16-19-22-25-28-35-36-29-31(32-30(2)34)26-23-20-17-14-11-9-10-12-15-18-21-24-27-33/h19-20,22-23,27,31H,3-18,21,24-26,28-29H2,1-2H3,(H,32,34)/b22-19+,23-20+. The Morgan fingerprint density at radius 2 is 1.17 bits per heavy atom. The average Bonchev–Trinajstić information content (AvgIpc) is 2.86. The van der Waals surface area contributed by atoms with Gasteiger partial charge in [0.05, 0.1) is 0 Å². The number of carbonyl (C=O) groups is 2. The molecule has 1 amide bonds. The van der Waals surface area contributed by atoms with Gasteiger partial charge in [0.2, 0.25) is 5.91 Å². The van der Waals surface area contributed by atoms with Crippen LogP contribution < -0.4 is 5.32 Å². The summed E-state index contributed by atoms with van der Waals surface area (Å²) in [6.45, 7) is 3.89. The highest BCUT2D eigenvalue weighted by atomic mass is 33.1. The van der Waals surface area contributed by atoms with Crippen LogP contribution in [0.5, 0.6) is 0 Å². The van der Waals surface area contributed by atoms with Crippen molar-refractivity contribution in [2.24, 2.45) is 0 Å². The molecule has 0 aliphatic carbocycles. The third-order valence-corrected chi connectivity index (χ3v) is 8.81. The molecule has 0 radical (unpaired) electrons. The van der Waals surface area contributed by atoms with Crippen molar-refractivity contribution >= 4 is 33.8 Å². The highest BCUT2D eigenvalue weighted by molar-refractivity contribution is 8.76. The zero-order valence-corrected chi connectivity index (χ0v) is 25.3. The van der Waals surface area contributed by atoms with Crippen LogP contribution in [-0.2, 0) is 9.59 Å². The van der Waals surface area contributed by atoms with Gasteiger partial charge < -0.3 is 10.1 Å². The van der Waals surface area contributed by atoms with Crippen molar-refractivity contribution in [3.63, 3.8) is 0 Å². The van der Waals surface area contributed by atoms with Crippen LogP contribution in [0.2, 0.25) is 0 Å². The first-order chi connectivity index (χ1) is 17.7. The maximum Gasteiger partial charge on any atom is 0.217 e.